The molecule has 0 fully saturated rings. The first-order valence-corrected chi connectivity index (χ1v) is 6.26. The highest BCUT2D eigenvalue weighted by molar-refractivity contribution is 5.99. The van der Waals surface area contributed by atoms with Crippen molar-refractivity contribution in [2.75, 3.05) is 18.9 Å². The molecule has 1 aromatic heterocycles. The molecule has 1 heterocycles. The molecule has 0 saturated heterocycles. The normalized spacial score (nSPS) is 10.6. The van der Waals surface area contributed by atoms with E-state index in [9.17, 15) is 4.79 Å². The molecule has 5 nitrogen and oxygen atoms in total. The zero-order valence-electron chi connectivity index (χ0n) is 10.6. The number of aromatic nitrogens is 1. The molecule has 2 aromatic rings. The zero-order chi connectivity index (χ0) is 13.7. The highest BCUT2D eigenvalue weighted by Gasteiger charge is 2.09. The Hall–Kier alpha value is -2.14. The van der Waals surface area contributed by atoms with Crippen LogP contribution in [0.25, 0.3) is 10.9 Å². The number of para-hydroxylation sites is 1. The topological polar surface area (TPSA) is 88.2 Å². The van der Waals surface area contributed by atoms with Crippen LogP contribution in [-0.2, 0) is 0 Å². The maximum absolute atomic E-state index is 11.9. The number of fused-ring (bicyclic) bond motifs is 1. The number of nitrogens with one attached hydrogen (secondary N) is 1. The highest BCUT2D eigenvalue weighted by Crippen LogP contribution is 2.19. The summed E-state index contributed by atoms with van der Waals surface area (Å²) in [6.45, 7) is 0.658. The van der Waals surface area contributed by atoms with Crippen molar-refractivity contribution in [2.24, 2.45) is 0 Å². The van der Waals surface area contributed by atoms with Gasteiger partial charge in [0.15, 0.2) is 0 Å². The number of benzene rings is 1. The van der Waals surface area contributed by atoms with Gasteiger partial charge in [-0.2, -0.15) is 0 Å². The Morgan fingerprint density at radius 2 is 2.11 bits per heavy atom. The molecule has 1 amide bonds. The number of pyridine rings is 1. The Morgan fingerprint density at radius 1 is 1.32 bits per heavy atom. The Labute approximate surface area is 111 Å². The second kappa shape index (κ2) is 6.15. The number of nitrogen functional groups attached to an aromatic ring is 1. The van der Waals surface area contributed by atoms with Gasteiger partial charge in [0.1, 0.15) is 5.69 Å². The van der Waals surface area contributed by atoms with Crippen molar-refractivity contribution in [2.45, 2.75) is 12.8 Å². The Kier molecular flexibility index (Phi) is 4.30. The summed E-state index contributed by atoms with van der Waals surface area (Å²) in [6.07, 6.45) is 1.42. The van der Waals surface area contributed by atoms with E-state index in [0.717, 1.165) is 11.8 Å². The first kappa shape index (κ1) is 13.3. The van der Waals surface area contributed by atoms with Crippen LogP contribution in [0.4, 0.5) is 5.69 Å². The van der Waals surface area contributed by atoms with Crippen LogP contribution >= 0.6 is 0 Å². The Morgan fingerprint density at radius 3 is 2.89 bits per heavy atom. The summed E-state index contributed by atoms with van der Waals surface area (Å²) in [4.78, 5) is 16.2. The lowest BCUT2D eigenvalue weighted by Gasteiger charge is -2.07. The smallest absolute Gasteiger partial charge is 0.269 e. The van der Waals surface area contributed by atoms with Crippen molar-refractivity contribution in [3.8, 4) is 0 Å². The lowest BCUT2D eigenvalue weighted by molar-refractivity contribution is 0.0947. The second-order valence-corrected chi connectivity index (χ2v) is 4.30. The molecule has 1 aromatic carbocycles. The van der Waals surface area contributed by atoms with E-state index >= 15 is 0 Å². The fourth-order valence-corrected chi connectivity index (χ4v) is 1.85. The number of rotatable bonds is 5. The van der Waals surface area contributed by atoms with E-state index in [0.29, 0.717) is 29.9 Å². The van der Waals surface area contributed by atoms with E-state index in [1.165, 1.54) is 0 Å². The largest absolute Gasteiger partial charge is 0.398 e. The molecule has 0 aliphatic rings. The minimum Gasteiger partial charge on any atom is -0.398 e. The fraction of sp³-hybridized carbons (Fsp3) is 0.286. The first-order chi connectivity index (χ1) is 9.22. The minimum atomic E-state index is -0.240. The third-order valence-electron chi connectivity index (χ3n) is 2.85. The van der Waals surface area contributed by atoms with Gasteiger partial charge in [0.05, 0.1) is 5.52 Å². The van der Waals surface area contributed by atoms with Gasteiger partial charge in [0.2, 0.25) is 0 Å². The molecule has 4 N–H and O–H groups in total. The second-order valence-electron chi connectivity index (χ2n) is 4.30. The Balaban J connectivity index is 2.14. The molecule has 0 unspecified atom stereocenters. The van der Waals surface area contributed by atoms with Crippen LogP contribution in [-0.4, -0.2) is 29.1 Å². The van der Waals surface area contributed by atoms with Crippen LogP contribution in [0.15, 0.2) is 30.3 Å². The number of amides is 1. The summed E-state index contributed by atoms with van der Waals surface area (Å²) in [5.41, 5.74) is 7.50. The van der Waals surface area contributed by atoms with E-state index in [1.54, 1.807) is 6.07 Å². The predicted octanol–water partition coefficient (Wildman–Crippen LogP) is 1.32. The number of nitrogens with zero attached hydrogens (tertiary/aromatic N) is 1. The van der Waals surface area contributed by atoms with Gasteiger partial charge in [-0.1, -0.05) is 18.2 Å². The number of carbonyl (C=O) groups excluding carboxylic acids is 1. The average Bonchev–Trinajstić information content (AvgIpc) is 2.43. The molecule has 0 radical (unpaired) electrons. The minimum absolute atomic E-state index is 0.136. The van der Waals surface area contributed by atoms with Gasteiger partial charge in [0, 0.05) is 24.2 Å². The molecule has 0 bridgehead atoms. The molecule has 19 heavy (non-hydrogen) atoms. The van der Waals surface area contributed by atoms with Crippen LogP contribution in [0.3, 0.4) is 0 Å². The highest BCUT2D eigenvalue weighted by atomic mass is 16.2. The van der Waals surface area contributed by atoms with Crippen molar-refractivity contribution in [1.82, 2.24) is 10.3 Å². The van der Waals surface area contributed by atoms with E-state index in [-0.39, 0.29) is 12.5 Å². The SMILES string of the molecule is Nc1cc(C(=O)NCCCCO)nc2ccccc12. The molecular weight excluding hydrogens is 242 g/mol. The van der Waals surface area contributed by atoms with E-state index in [1.807, 2.05) is 24.3 Å². The molecular formula is C14H17N3O2. The summed E-state index contributed by atoms with van der Waals surface area (Å²) < 4.78 is 0. The summed E-state index contributed by atoms with van der Waals surface area (Å²) in [6, 6.07) is 9.03. The molecule has 0 saturated carbocycles. The molecule has 100 valence electrons. The molecule has 2 rings (SSSR count). The number of aliphatic hydroxyl groups is 1. The summed E-state index contributed by atoms with van der Waals surface area (Å²) in [5, 5.41) is 12.3. The van der Waals surface area contributed by atoms with Crippen molar-refractivity contribution in [3.05, 3.63) is 36.0 Å². The monoisotopic (exact) mass is 259 g/mol. The van der Waals surface area contributed by atoms with Crippen molar-refractivity contribution < 1.29 is 9.90 Å². The maximum atomic E-state index is 11.9. The van der Waals surface area contributed by atoms with Crippen LogP contribution in [0.5, 0.6) is 0 Å². The average molecular weight is 259 g/mol. The predicted molar refractivity (Wildman–Crippen MR) is 74.8 cm³/mol. The summed E-state index contributed by atoms with van der Waals surface area (Å²) >= 11 is 0. The standard InChI is InChI=1S/C14H17N3O2/c15-11-9-13(14(19)16-7-3-4-8-18)17-12-6-2-1-5-10(11)12/h1-2,5-6,9,18H,3-4,7-8H2,(H2,15,17)(H,16,19). The number of unbranched alkanes of at least 4 members (excludes halogenated alkanes) is 1. The zero-order valence-corrected chi connectivity index (χ0v) is 10.6. The molecule has 0 spiro atoms. The fourth-order valence-electron chi connectivity index (χ4n) is 1.85. The maximum Gasteiger partial charge on any atom is 0.269 e. The van der Waals surface area contributed by atoms with Crippen LogP contribution in [0.1, 0.15) is 23.3 Å². The number of nitrogens with two attached hydrogens (primary N) is 1. The van der Waals surface area contributed by atoms with Gasteiger partial charge >= 0.3 is 0 Å². The van der Waals surface area contributed by atoms with Gasteiger partial charge in [-0.3, -0.25) is 4.79 Å². The number of carbonyl (C=O) groups is 1. The lowest BCUT2D eigenvalue weighted by atomic mass is 10.1. The van der Waals surface area contributed by atoms with Crippen molar-refractivity contribution in [3.63, 3.8) is 0 Å². The van der Waals surface area contributed by atoms with Crippen LogP contribution in [0.2, 0.25) is 0 Å². The molecule has 5 heteroatoms. The molecule has 0 aliphatic heterocycles. The van der Waals surface area contributed by atoms with Crippen molar-refractivity contribution in [1.29, 1.82) is 0 Å². The first-order valence-electron chi connectivity index (χ1n) is 6.26. The molecule has 0 aliphatic carbocycles. The van der Waals surface area contributed by atoms with Gasteiger partial charge < -0.3 is 16.2 Å². The van der Waals surface area contributed by atoms with E-state index in [4.69, 9.17) is 10.8 Å². The lowest BCUT2D eigenvalue weighted by Crippen LogP contribution is -2.25. The van der Waals surface area contributed by atoms with Crippen LogP contribution < -0.4 is 11.1 Å². The summed E-state index contributed by atoms with van der Waals surface area (Å²) in [7, 11) is 0. The van der Waals surface area contributed by atoms with Gasteiger partial charge in [0.25, 0.3) is 5.91 Å². The van der Waals surface area contributed by atoms with Gasteiger partial charge in [-0.25, -0.2) is 4.98 Å². The third kappa shape index (κ3) is 3.20. The van der Waals surface area contributed by atoms with Gasteiger partial charge in [-0.15, -0.1) is 0 Å². The summed E-state index contributed by atoms with van der Waals surface area (Å²) in [5.74, 6) is -0.240. The number of hydrogen-bond donors (Lipinski definition) is 3. The van der Waals surface area contributed by atoms with E-state index < -0.39 is 0 Å². The van der Waals surface area contributed by atoms with Gasteiger partial charge in [-0.05, 0) is 25.0 Å². The third-order valence-corrected chi connectivity index (χ3v) is 2.85. The number of aliphatic hydroxyl groups excluding tert-OH is 1. The van der Waals surface area contributed by atoms with Crippen molar-refractivity contribution >= 4 is 22.5 Å². The van der Waals surface area contributed by atoms with E-state index in [2.05, 4.69) is 10.3 Å². The molecule has 0 atom stereocenters. The number of anilines is 1. The Bertz CT molecular complexity index is 584. The van der Waals surface area contributed by atoms with Crippen LogP contribution in [0, 0.1) is 0 Å². The quantitative estimate of drug-likeness (QED) is 0.707. The number of hydrogen-bond acceptors (Lipinski definition) is 4.